The molecule has 0 saturated heterocycles. The summed E-state index contributed by atoms with van der Waals surface area (Å²) in [7, 11) is 0. The molecule has 0 aliphatic rings. The van der Waals surface area contributed by atoms with E-state index in [1.54, 1.807) is 0 Å². The van der Waals surface area contributed by atoms with Crippen LogP contribution < -0.4 is 0 Å². The average Bonchev–Trinajstić information content (AvgIpc) is 1.63. The lowest BCUT2D eigenvalue weighted by molar-refractivity contribution is 0.128. The Morgan fingerprint density at radius 3 is 2.00 bits per heavy atom. The Kier molecular flexibility index (Phi) is 4.44. The highest BCUT2D eigenvalue weighted by atomic mass is 19.3. The molecule has 0 N–H and O–H groups in total. The molecule has 0 bridgehead atoms. The molecular weight excluding hydrogens is 136 g/mol. The van der Waals surface area contributed by atoms with Crippen LogP contribution in [0.3, 0.4) is 0 Å². The predicted molar refractivity (Wildman–Crippen MR) is 25.5 cm³/mol. The minimum absolute atomic E-state index is 0.213. The summed E-state index contributed by atoms with van der Waals surface area (Å²) in [5.41, 5.74) is 0. The molecule has 0 aromatic heterocycles. The number of halogens is 4. The summed E-state index contributed by atoms with van der Waals surface area (Å²) in [5, 5.41) is 0. The van der Waals surface area contributed by atoms with Gasteiger partial charge in [-0.1, -0.05) is 0 Å². The van der Waals surface area contributed by atoms with Crippen LogP contribution in [0.15, 0.2) is 0 Å². The van der Waals surface area contributed by atoms with Crippen molar-refractivity contribution in [2.24, 2.45) is 0 Å². The first kappa shape index (κ1) is 8.72. The van der Waals surface area contributed by atoms with Gasteiger partial charge in [0.25, 0.3) is 0 Å². The summed E-state index contributed by atoms with van der Waals surface area (Å²) in [6, 6.07) is 0. The number of alkyl halides is 4. The van der Waals surface area contributed by atoms with Crippen molar-refractivity contribution >= 4 is 0 Å². The van der Waals surface area contributed by atoms with Gasteiger partial charge in [-0.05, 0) is 6.42 Å². The fourth-order valence-corrected chi connectivity index (χ4v) is 0.348. The quantitative estimate of drug-likeness (QED) is 0.530. The molecule has 0 heterocycles. The van der Waals surface area contributed by atoms with Crippen molar-refractivity contribution in [3.8, 4) is 0 Å². The SMILES string of the molecule is FC(F)[CH]CCC(F)F. The maximum atomic E-state index is 11.2. The minimum Gasteiger partial charge on any atom is -0.211 e. The van der Waals surface area contributed by atoms with E-state index in [9.17, 15) is 17.6 Å². The van der Waals surface area contributed by atoms with Gasteiger partial charge in [0.1, 0.15) is 0 Å². The molecule has 0 fully saturated rings. The van der Waals surface area contributed by atoms with Crippen molar-refractivity contribution < 1.29 is 17.6 Å². The minimum atomic E-state index is -2.57. The van der Waals surface area contributed by atoms with E-state index in [1.165, 1.54) is 0 Å². The number of hydrogen-bond acceptors (Lipinski definition) is 0. The third-order valence-corrected chi connectivity index (χ3v) is 0.730. The van der Waals surface area contributed by atoms with Crippen LogP contribution in [0.1, 0.15) is 12.8 Å². The molecule has 0 aromatic carbocycles. The Hall–Kier alpha value is -0.280. The van der Waals surface area contributed by atoms with Crippen LogP contribution in [0.25, 0.3) is 0 Å². The van der Waals surface area contributed by atoms with E-state index in [0.29, 0.717) is 6.42 Å². The van der Waals surface area contributed by atoms with Crippen molar-refractivity contribution in [3.63, 3.8) is 0 Å². The zero-order chi connectivity index (χ0) is 7.28. The molecule has 0 nitrogen and oxygen atoms in total. The fourth-order valence-electron chi connectivity index (χ4n) is 0.348. The Morgan fingerprint density at radius 2 is 1.67 bits per heavy atom. The van der Waals surface area contributed by atoms with Crippen molar-refractivity contribution in [3.05, 3.63) is 6.42 Å². The molecule has 0 saturated carbocycles. The van der Waals surface area contributed by atoms with Crippen LogP contribution in [-0.4, -0.2) is 12.9 Å². The van der Waals surface area contributed by atoms with E-state index in [2.05, 4.69) is 0 Å². The van der Waals surface area contributed by atoms with E-state index >= 15 is 0 Å². The lowest BCUT2D eigenvalue weighted by Gasteiger charge is -1.96. The van der Waals surface area contributed by atoms with Crippen LogP contribution in [0.5, 0.6) is 0 Å². The van der Waals surface area contributed by atoms with Crippen molar-refractivity contribution in [1.82, 2.24) is 0 Å². The summed E-state index contributed by atoms with van der Waals surface area (Å²) in [4.78, 5) is 0. The Morgan fingerprint density at radius 1 is 1.11 bits per heavy atom. The highest BCUT2D eigenvalue weighted by molar-refractivity contribution is 4.66. The first-order valence-electron chi connectivity index (χ1n) is 2.52. The van der Waals surface area contributed by atoms with Gasteiger partial charge >= 0.3 is 0 Å². The van der Waals surface area contributed by atoms with Gasteiger partial charge < -0.3 is 0 Å². The van der Waals surface area contributed by atoms with Gasteiger partial charge in [-0.2, -0.15) is 0 Å². The van der Waals surface area contributed by atoms with Crippen LogP contribution >= 0.6 is 0 Å². The van der Waals surface area contributed by atoms with E-state index in [-0.39, 0.29) is 6.42 Å². The van der Waals surface area contributed by atoms with Crippen LogP contribution in [0.4, 0.5) is 17.6 Å². The largest absolute Gasteiger partial charge is 0.241 e. The Balaban J connectivity index is 2.91. The molecule has 4 heteroatoms. The number of rotatable bonds is 4. The summed E-state index contributed by atoms with van der Waals surface area (Å²) >= 11 is 0. The molecule has 0 rings (SSSR count). The molecule has 1 radical (unpaired) electrons. The van der Waals surface area contributed by atoms with Gasteiger partial charge in [-0.3, -0.25) is 0 Å². The molecule has 0 aromatic rings. The third kappa shape index (κ3) is 7.72. The Labute approximate surface area is 50.9 Å². The second-order valence-corrected chi connectivity index (χ2v) is 1.54. The molecule has 55 valence electrons. The van der Waals surface area contributed by atoms with E-state index in [4.69, 9.17) is 0 Å². The summed E-state index contributed by atoms with van der Waals surface area (Å²) < 4.78 is 44.8. The molecule has 0 atom stereocenters. The fraction of sp³-hybridized carbons (Fsp3) is 0.800. The molecular formula is C5H7F4. The lowest BCUT2D eigenvalue weighted by Crippen LogP contribution is -1.95. The molecule has 0 aliphatic carbocycles. The van der Waals surface area contributed by atoms with E-state index in [0.717, 1.165) is 0 Å². The smallest absolute Gasteiger partial charge is 0.211 e. The van der Waals surface area contributed by atoms with Crippen LogP contribution in [0.2, 0.25) is 0 Å². The molecule has 0 aliphatic heterocycles. The van der Waals surface area contributed by atoms with Gasteiger partial charge in [-0.15, -0.1) is 0 Å². The van der Waals surface area contributed by atoms with Gasteiger partial charge in [0, 0.05) is 12.8 Å². The molecule has 0 amide bonds. The predicted octanol–water partition coefficient (Wildman–Crippen LogP) is 2.50. The maximum Gasteiger partial charge on any atom is 0.241 e. The van der Waals surface area contributed by atoms with Crippen LogP contribution in [0, 0.1) is 6.42 Å². The van der Waals surface area contributed by atoms with Crippen molar-refractivity contribution in [2.45, 2.75) is 25.7 Å². The number of hydrogen-bond donors (Lipinski definition) is 0. The van der Waals surface area contributed by atoms with E-state index in [1.807, 2.05) is 0 Å². The third-order valence-electron chi connectivity index (χ3n) is 0.730. The molecule has 9 heavy (non-hydrogen) atoms. The highest BCUT2D eigenvalue weighted by Gasteiger charge is 2.06. The lowest BCUT2D eigenvalue weighted by atomic mass is 10.2. The average molecular weight is 143 g/mol. The monoisotopic (exact) mass is 143 g/mol. The summed E-state index contributed by atoms with van der Waals surface area (Å²) in [6.07, 6.45) is -5.14. The van der Waals surface area contributed by atoms with Gasteiger partial charge in [0.15, 0.2) is 0 Å². The van der Waals surface area contributed by atoms with Crippen molar-refractivity contribution in [2.75, 3.05) is 0 Å². The first-order valence-corrected chi connectivity index (χ1v) is 2.52. The zero-order valence-corrected chi connectivity index (χ0v) is 4.66. The second kappa shape index (κ2) is 4.58. The zero-order valence-electron chi connectivity index (χ0n) is 4.66. The van der Waals surface area contributed by atoms with Crippen LogP contribution in [-0.2, 0) is 0 Å². The van der Waals surface area contributed by atoms with Gasteiger partial charge in [-0.25, -0.2) is 17.6 Å². The summed E-state index contributed by atoms with van der Waals surface area (Å²) in [6.45, 7) is 0. The standard InChI is InChI=1S/C5H7F4/c6-4(7)2-1-3-5(8)9/h2,4-5H,1,3H2. The highest BCUT2D eigenvalue weighted by Crippen LogP contribution is 2.08. The Bertz CT molecular complexity index is 54.0. The second-order valence-electron chi connectivity index (χ2n) is 1.54. The summed E-state index contributed by atoms with van der Waals surface area (Å²) in [5.74, 6) is 0. The molecule has 0 unspecified atom stereocenters. The first-order chi connectivity index (χ1) is 4.13. The topological polar surface area (TPSA) is 0 Å². The van der Waals surface area contributed by atoms with E-state index < -0.39 is 19.3 Å². The van der Waals surface area contributed by atoms with Gasteiger partial charge in [0.05, 0.1) is 0 Å². The normalized spacial score (nSPS) is 11.3. The maximum absolute atomic E-state index is 11.2. The van der Waals surface area contributed by atoms with Gasteiger partial charge in [0.2, 0.25) is 12.9 Å². The molecule has 0 spiro atoms. The van der Waals surface area contributed by atoms with Crippen molar-refractivity contribution in [1.29, 1.82) is 0 Å².